The molecule has 0 unspecified atom stereocenters. The Balaban J connectivity index is 1.63. The van der Waals surface area contributed by atoms with Gasteiger partial charge in [-0.1, -0.05) is 12.1 Å². The number of carboxylic acid groups (broad SMARTS) is 1. The normalized spacial score (nSPS) is 15.4. The van der Waals surface area contributed by atoms with E-state index in [-0.39, 0.29) is 24.2 Å². The van der Waals surface area contributed by atoms with Crippen LogP contribution in [0.25, 0.3) is 0 Å². The van der Waals surface area contributed by atoms with Gasteiger partial charge in [-0.05, 0) is 54.8 Å². The van der Waals surface area contributed by atoms with Crippen LogP contribution in [0.4, 0.5) is 14.5 Å². The minimum Gasteiger partial charge on any atom is -0.480 e. The van der Waals surface area contributed by atoms with E-state index in [2.05, 4.69) is 4.90 Å². The van der Waals surface area contributed by atoms with Crippen LogP contribution in [0.15, 0.2) is 48.5 Å². The Bertz CT molecular complexity index is 726. The molecule has 4 nitrogen and oxygen atoms in total. The highest BCUT2D eigenvalue weighted by Crippen LogP contribution is 2.24. The van der Waals surface area contributed by atoms with Crippen LogP contribution in [0.2, 0.25) is 0 Å². The highest BCUT2D eigenvalue weighted by Gasteiger charge is 2.26. The van der Waals surface area contributed by atoms with Crippen LogP contribution in [0.5, 0.6) is 0 Å². The third-order valence-electron chi connectivity index (χ3n) is 4.81. The molecule has 1 fully saturated rings. The van der Waals surface area contributed by atoms with E-state index in [4.69, 9.17) is 0 Å². The van der Waals surface area contributed by atoms with E-state index in [9.17, 15) is 18.7 Å². The van der Waals surface area contributed by atoms with E-state index >= 15 is 0 Å². The number of rotatable bonds is 6. The molecule has 1 aliphatic rings. The van der Waals surface area contributed by atoms with Gasteiger partial charge >= 0.3 is 5.97 Å². The molecule has 1 N–H and O–H groups in total. The van der Waals surface area contributed by atoms with Gasteiger partial charge in [0.25, 0.3) is 0 Å². The Morgan fingerprint density at radius 2 is 1.54 bits per heavy atom. The lowest BCUT2D eigenvalue weighted by atomic mass is 10.0. The Morgan fingerprint density at radius 1 is 1.00 bits per heavy atom. The van der Waals surface area contributed by atoms with E-state index in [1.54, 1.807) is 24.3 Å². The summed E-state index contributed by atoms with van der Waals surface area (Å²) in [5.74, 6) is -1.42. The smallest absolute Gasteiger partial charge is 0.317 e. The first-order chi connectivity index (χ1) is 12.5. The number of carbonyl (C=O) groups is 1. The van der Waals surface area contributed by atoms with Gasteiger partial charge in [0.15, 0.2) is 0 Å². The summed E-state index contributed by atoms with van der Waals surface area (Å²) in [6, 6.07) is 12.8. The van der Waals surface area contributed by atoms with Gasteiger partial charge in [0, 0.05) is 31.4 Å². The monoisotopic (exact) mass is 360 g/mol. The minimum absolute atomic E-state index is 0.0431. The quantitative estimate of drug-likeness (QED) is 0.856. The van der Waals surface area contributed by atoms with Crippen molar-refractivity contribution in [2.45, 2.75) is 25.4 Å². The first-order valence-electron chi connectivity index (χ1n) is 8.72. The Labute approximate surface area is 151 Å². The van der Waals surface area contributed by atoms with Crippen molar-refractivity contribution in [2.75, 3.05) is 24.5 Å². The summed E-state index contributed by atoms with van der Waals surface area (Å²) in [5.41, 5.74) is 1.88. The zero-order valence-electron chi connectivity index (χ0n) is 14.4. The van der Waals surface area contributed by atoms with Crippen molar-refractivity contribution in [2.24, 2.45) is 0 Å². The van der Waals surface area contributed by atoms with Crippen LogP contribution < -0.4 is 4.90 Å². The number of hydrogen-bond donors (Lipinski definition) is 1. The van der Waals surface area contributed by atoms with Gasteiger partial charge in [0.2, 0.25) is 0 Å². The molecule has 0 atom stereocenters. The maximum Gasteiger partial charge on any atom is 0.317 e. The molecule has 1 heterocycles. The molecule has 6 heteroatoms. The van der Waals surface area contributed by atoms with Crippen molar-refractivity contribution in [3.63, 3.8) is 0 Å². The van der Waals surface area contributed by atoms with Crippen molar-refractivity contribution in [3.8, 4) is 0 Å². The highest BCUT2D eigenvalue weighted by atomic mass is 19.1. The van der Waals surface area contributed by atoms with Crippen LogP contribution in [-0.2, 0) is 11.3 Å². The van der Waals surface area contributed by atoms with Gasteiger partial charge in [-0.25, -0.2) is 8.78 Å². The van der Waals surface area contributed by atoms with Crippen LogP contribution in [0.1, 0.15) is 18.4 Å². The summed E-state index contributed by atoms with van der Waals surface area (Å²) in [6.45, 7) is 2.01. The van der Waals surface area contributed by atoms with Gasteiger partial charge < -0.3 is 10.0 Å². The van der Waals surface area contributed by atoms with E-state index in [1.165, 1.54) is 24.3 Å². The standard InChI is InChI=1S/C20H22F2N2O2/c21-16-3-1-15(2-4-16)13-24(14-20(25)26)19-9-11-23(12-10-19)18-7-5-17(22)6-8-18/h1-8,19H,9-14H2,(H,25,26). The number of aliphatic carboxylic acids is 1. The second kappa shape index (κ2) is 8.27. The average molecular weight is 360 g/mol. The lowest BCUT2D eigenvalue weighted by molar-refractivity contribution is -0.139. The summed E-state index contributed by atoms with van der Waals surface area (Å²) in [5, 5.41) is 9.25. The summed E-state index contributed by atoms with van der Waals surface area (Å²) in [4.78, 5) is 15.4. The molecular formula is C20H22F2N2O2. The molecule has 0 spiro atoms. The first-order valence-corrected chi connectivity index (χ1v) is 8.72. The predicted molar refractivity (Wildman–Crippen MR) is 96.1 cm³/mol. The number of carboxylic acids is 1. The van der Waals surface area contributed by atoms with Crippen molar-refractivity contribution < 1.29 is 18.7 Å². The fourth-order valence-corrected chi connectivity index (χ4v) is 3.45. The predicted octanol–water partition coefficient (Wildman–Crippen LogP) is 3.52. The number of nitrogens with zero attached hydrogens (tertiary/aromatic N) is 2. The Morgan fingerprint density at radius 3 is 2.08 bits per heavy atom. The second-order valence-electron chi connectivity index (χ2n) is 6.62. The SMILES string of the molecule is O=C(O)CN(Cc1ccc(F)cc1)C1CCN(c2ccc(F)cc2)CC1. The largest absolute Gasteiger partial charge is 0.480 e. The van der Waals surface area contributed by atoms with Crippen molar-refractivity contribution in [1.82, 2.24) is 4.90 Å². The van der Waals surface area contributed by atoms with Gasteiger partial charge in [0.05, 0.1) is 6.54 Å². The highest BCUT2D eigenvalue weighted by molar-refractivity contribution is 5.69. The fourth-order valence-electron chi connectivity index (χ4n) is 3.45. The second-order valence-corrected chi connectivity index (χ2v) is 6.62. The number of piperidine rings is 1. The molecule has 0 saturated carbocycles. The average Bonchev–Trinajstić information content (AvgIpc) is 2.63. The summed E-state index contributed by atoms with van der Waals surface area (Å²) < 4.78 is 26.2. The summed E-state index contributed by atoms with van der Waals surface area (Å²) in [7, 11) is 0. The zero-order valence-corrected chi connectivity index (χ0v) is 14.4. The molecule has 26 heavy (non-hydrogen) atoms. The molecule has 2 aromatic carbocycles. The number of halogens is 2. The first kappa shape index (κ1) is 18.3. The van der Waals surface area contributed by atoms with Gasteiger partial charge in [-0.3, -0.25) is 9.69 Å². The minimum atomic E-state index is -0.868. The number of benzene rings is 2. The molecule has 138 valence electrons. The maximum atomic E-state index is 13.1. The molecule has 2 aromatic rings. The van der Waals surface area contributed by atoms with Crippen molar-refractivity contribution in [1.29, 1.82) is 0 Å². The lowest BCUT2D eigenvalue weighted by Crippen LogP contribution is -2.46. The van der Waals surface area contributed by atoms with Crippen LogP contribution >= 0.6 is 0 Å². The molecule has 0 aromatic heterocycles. The molecule has 0 radical (unpaired) electrons. The molecule has 1 aliphatic heterocycles. The van der Waals surface area contributed by atoms with Crippen molar-refractivity contribution in [3.05, 3.63) is 65.7 Å². The summed E-state index contributed by atoms with van der Waals surface area (Å²) >= 11 is 0. The fraction of sp³-hybridized carbons (Fsp3) is 0.350. The molecule has 0 aliphatic carbocycles. The number of anilines is 1. The molecule has 3 rings (SSSR count). The molecule has 0 bridgehead atoms. The zero-order chi connectivity index (χ0) is 18.5. The third kappa shape index (κ3) is 4.79. The van der Waals surface area contributed by atoms with Gasteiger partial charge in [-0.15, -0.1) is 0 Å². The van der Waals surface area contributed by atoms with E-state index in [1.807, 2.05) is 4.90 Å². The van der Waals surface area contributed by atoms with E-state index in [0.29, 0.717) is 6.54 Å². The lowest BCUT2D eigenvalue weighted by Gasteiger charge is -2.39. The van der Waals surface area contributed by atoms with Gasteiger partial charge in [0.1, 0.15) is 11.6 Å². The van der Waals surface area contributed by atoms with Crippen molar-refractivity contribution >= 4 is 11.7 Å². The van der Waals surface area contributed by atoms with Crippen LogP contribution in [0.3, 0.4) is 0 Å². The molecule has 0 amide bonds. The topological polar surface area (TPSA) is 43.8 Å². The van der Waals surface area contributed by atoms with E-state index in [0.717, 1.165) is 37.2 Å². The third-order valence-corrected chi connectivity index (χ3v) is 4.81. The summed E-state index contributed by atoms with van der Waals surface area (Å²) in [6.07, 6.45) is 1.65. The number of hydrogen-bond acceptors (Lipinski definition) is 3. The van der Waals surface area contributed by atoms with Crippen LogP contribution in [-0.4, -0.2) is 41.7 Å². The van der Waals surface area contributed by atoms with Crippen LogP contribution in [0, 0.1) is 11.6 Å². The molecule has 1 saturated heterocycles. The maximum absolute atomic E-state index is 13.1. The Kier molecular flexibility index (Phi) is 5.83. The Hall–Kier alpha value is -2.47. The molecular weight excluding hydrogens is 338 g/mol. The van der Waals surface area contributed by atoms with E-state index < -0.39 is 5.97 Å². The van der Waals surface area contributed by atoms with Gasteiger partial charge in [-0.2, -0.15) is 0 Å².